The fraction of sp³-hybridized carbons (Fsp3) is 0.231. The van der Waals surface area contributed by atoms with Crippen molar-refractivity contribution < 1.29 is 0 Å². The van der Waals surface area contributed by atoms with E-state index in [-0.39, 0.29) is 0 Å². The molecule has 0 radical (unpaired) electrons. The summed E-state index contributed by atoms with van der Waals surface area (Å²) in [5.41, 5.74) is 5.20. The molecule has 1 aromatic heterocycles. The van der Waals surface area contributed by atoms with Crippen LogP contribution < -0.4 is 0 Å². The van der Waals surface area contributed by atoms with Crippen molar-refractivity contribution in [1.29, 1.82) is 5.26 Å². The molecule has 0 atom stereocenters. The Morgan fingerprint density at radius 2 is 1.76 bits per heavy atom. The van der Waals surface area contributed by atoms with Crippen LogP contribution in [0.5, 0.6) is 0 Å². The molecule has 0 unspecified atom stereocenters. The van der Waals surface area contributed by atoms with Gasteiger partial charge in [0.05, 0.1) is 11.3 Å². The smallest absolute Gasteiger partial charge is 0.134 e. The van der Waals surface area contributed by atoms with Gasteiger partial charge in [-0.1, -0.05) is 86.0 Å². The van der Waals surface area contributed by atoms with Gasteiger partial charge in [-0.2, -0.15) is 5.26 Å². The highest BCUT2D eigenvalue weighted by Crippen LogP contribution is 2.34. The first-order valence-electron chi connectivity index (χ1n) is 10.2. The van der Waals surface area contributed by atoms with E-state index in [9.17, 15) is 5.26 Å². The van der Waals surface area contributed by atoms with Gasteiger partial charge in [-0.15, -0.1) is 11.3 Å². The van der Waals surface area contributed by atoms with Crippen LogP contribution in [0.25, 0.3) is 22.9 Å². The molecule has 0 amide bonds. The first-order valence-corrected chi connectivity index (χ1v) is 11.1. The fourth-order valence-corrected chi connectivity index (χ4v) is 4.67. The van der Waals surface area contributed by atoms with Crippen LogP contribution in [0.2, 0.25) is 0 Å². The molecule has 2 aromatic carbocycles. The Balaban J connectivity index is 1.48. The summed E-state index contributed by atoms with van der Waals surface area (Å²) in [6.07, 6.45) is 12.4. The highest BCUT2D eigenvalue weighted by atomic mass is 32.1. The molecule has 144 valence electrons. The van der Waals surface area contributed by atoms with E-state index < -0.39 is 0 Å². The second-order valence-electron chi connectivity index (χ2n) is 7.46. The summed E-state index contributed by atoms with van der Waals surface area (Å²) in [5, 5.41) is 12.4. The van der Waals surface area contributed by atoms with Crippen molar-refractivity contribution in [2.45, 2.75) is 38.0 Å². The lowest BCUT2D eigenvalue weighted by molar-refractivity contribution is 0.443. The number of nitrogens with zero attached hydrogens (tertiary/aromatic N) is 2. The van der Waals surface area contributed by atoms with Crippen LogP contribution in [0, 0.1) is 11.3 Å². The minimum atomic E-state index is 0.590. The van der Waals surface area contributed by atoms with E-state index in [1.165, 1.54) is 49.0 Å². The van der Waals surface area contributed by atoms with Crippen LogP contribution in [0.4, 0.5) is 0 Å². The van der Waals surface area contributed by atoms with Crippen LogP contribution in [0.15, 0.2) is 72.1 Å². The van der Waals surface area contributed by atoms with Crippen molar-refractivity contribution in [1.82, 2.24) is 4.98 Å². The lowest BCUT2D eigenvalue weighted by atomic mass is 9.84. The van der Waals surface area contributed by atoms with E-state index in [1.807, 2.05) is 53.9 Å². The Hall–Kier alpha value is -2.96. The predicted molar refractivity (Wildman–Crippen MR) is 122 cm³/mol. The second kappa shape index (κ2) is 9.49. The highest BCUT2D eigenvalue weighted by molar-refractivity contribution is 7.11. The van der Waals surface area contributed by atoms with Gasteiger partial charge in [0.15, 0.2) is 0 Å². The second-order valence-corrected chi connectivity index (χ2v) is 8.31. The van der Waals surface area contributed by atoms with Crippen molar-refractivity contribution in [3.05, 3.63) is 88.3 Å². The lowest BCUT2D eigenvalue weighted by Crippen LogP contribution is -2.04. The topological polar surface area (TPSA) is 36.7 Å². The van der Waals surface area contributed by atoms with Gasteiger partial charge in [0.1, 0.15) is 11.1 Å². The molecule has 4 rings (SSSR count). The Kier molecular flexibility index (Phi) is 6.34. The monoisotopic (exact) mass is 396 g/mol. The van der Waals surface area contributed by atoms with Crippen LogP contribution in [0.1, 0.15) is 54.2 Å². The van der Waals surface area contributed by atoms with E-state index in [0.717, 1.165) is 21.8 Å². The molecule has 29 heavy (non-hydrogen) atoms. The average molecular weight is 397 g/mol. The summed E-state index contributed by atoms with van der Waals surface area (Å²) in [6, 6.07) is 21.2. The zero-order valence-electron chi connectivity index (χ0n) is 16.4. The average Bonchev–Trinajstić information content (AvgIpc) is 3.28. The van der Waals surface area contributed by atoms with Gasteiger partial charge in [0.25, 0.3) is 0 Å². The Labute approximate surface area is 176 Å². The van der Waals surface area contributed by atoms with Crippen molar-refractivity contribution in [3.63, 3.8) is 0 Å². The van der Waals surface area contributed by atoms with Crippen molar-refractivity contribution in [3.8, 4) is 17.3 Å². The molecular formula is C26H24N2S. The molecule has 0 spiro atoms. The molecule has 1 aliphatic carbocycles. The molecule has 1 fully saturated rings. The zero-order chi connectivity index (χ0) is 19.9. The van der Waals surface area contributed by atoms with E-state index in [2.05, 4.69) is 30.3 Å². The summed E-state index contributed by atoms with van der Waals surface area (Å²) < 4.78 is 0. The molecule has 2 nitrogen and oxygen atoms in total. The quantitative estimate of drug-likeness (QED) is 0.331. The third-order valence-electron chi connectivity index (χ3n) is 5.49. The Bertz CT molecular complexity index is 1030. The summed E-state index contributed by atoms with van der Waals surface area (Å²) >= 11 is 1.52. The summed E-state index contributed by atoms with van der Waals surface area (Å²) in [7, 11) is 0. The Morgan fingerprint density at radius 3 is 2.48 bits per heavy atom. The van der Waals surface area contributed by atoms with Crippen molar-refractivity contribution >= 4 is 23.0 Å². The molecule has 0 saturated heterocycles. The maximum Gasteiger partial charge on any atom is 0.134 e. The van der Waals surface area contributed by atoms with Crippen LogP contribution in [-0.2, 0) is 0 Å². The van der Waals surface area contributed by atoms with E-state index in [1.54, 1.807) is 0 Å². The Morgan fingerprint density at radius 1 is 1.00 bits per heavy atom. The summed E-state index contributed by atoms with van der Waals surface area (Å²) in [5.74, 6) is 0.716. The molecule has 1 heterocycles. The number of hydrogen-bond donors (Lipinski definition) is 0. The maximum atomic E-state index is 9.55. The van der Waals surface area contributed by atoms with Gasteiger partial charge in [-0.25, -0.2) is 4.98 Å². The summed E-state index contributed by atoms with van der Waals surface area (Å²) in [4.78, 5) is 4.71. The number of hydrogen-bond acceptors (Lipinski definition) is 3. The van der Waals surface area contributed by atoms with Gasteiger partial charge in [-0.05, 0) is 36.0 Å². The third kappa shape index (κ3) is 4.91. The molecule has 1 aliphatic rings. The number of aromatic nitrogens is 1. The zero-order valence-corrected chi connectivity index (χ0v) is 17.2. The van der Waals surface area contributed by atoms with E-state index in [0.29, 0.717) is 11.5 Å². The SMILES string of the molecule is N#C/C(=C/C=C\c1ccccc1)c1nc(-c2ccc(C3CCCCC3)cc2)cs1. The van der Waals surface area contributed by atoms with Crippen molar-refractivity contribution in [2.24, 2.45) is 0 Å². The fourth-order valence-electron chi connectivity index (χ4n) is 3.87. The largest absolute Gasteiger partial charge is 0.235 e. The number of benzene rings is 2. The number of allylic oxidation sites excluding steroid dienone is 3. The van der Waals surface area contributed by atoms with Crippen LogP contribution in [-0.4, -0.2) is 4.98 Å². The highest BCUT2D eigenvalue weighted by Gasteiger charge is 2.15. The standard InChI is InChI=1S/C26H24N2S/c27-18-24(13-7-10-20-8-3-1-4-9-20)26-28-25(19-29-26)23-16-14-22(15-17-23)21-11-5-2-6-12-21/h1,3-4,7-10,13-17,19,21H,2,5-6,11-12H2/b10-7-,24-13-. The minimum Gasteiger partial charge on any atom is -0.235 e. The molecule has 1 saturated carbocycles. The molecular weight excluding hydrogens is 372 g/mol. The third-order valence-corrected chi connectivity index (χ3v) is 6.36. The van der Waals surface area contributed by atoms with Gasteiger partial charge >= 0.3 is 0 Å². The van der Waals surface area contributed by atoms with Gasteiger partial charge in [0, 0.05) is 10.9 Å². The van der Waals surface area contributed by atoms with Crippen LogP contribution >= 0.6 is 11.3 Å². The predicted octanol–water partition coefficient (Wildman–Crippen LogP) is 7.48. The van der Waals surface area contributed by atoms with Crippen LogP contribution in [0.3, 0.4) is 0 Å². The molecule has 0 bridgehead atoms. The number of thiazole rings is 1. The number of rotatable bonds is 5. The van der Waals surface area contributed by atoms with Crippen molar-refractivity contribution in [2.75, 3.05) is 0 Å². The summed E-state index contributed by atoms with van der Waals surface area (Å²) in [6.45, 7) is 0. The van der Waals surface area contributed by atoms with E-state index >= 15 is 0 Å². The molecule has 3 heteroatoms. The lowest BCUT2D eigenvalue weighted by Gasteiger charge is -2.22. The molecule has 0 aliphatic heterocycles. The first kappa shape index (κ1) is 19.4. The maximum absolute atomic E-state index is 9.55. The molecule has 0 N–H and O–H groups in total. The van der Waals surface area contributed by atoms with E-state index in [4.69, 9.17) is 4.98 Å². The van der Waals surface area contributed by atoms with Gasteiger partial charge in [0.2, 0.25) is 0 Å². The minimum absolute atomic E-state index is 0.590. The van der Waals surface area contributed by atoms with Gasteiger partial charge in [-0.3, -0.25) is 0 Å². The first-order chi connectivity index (χ1) is 14.3. The number of nitriles is 1. The normalized spacial score (nSPS) is 15.5. The molecule has 3 aromatic rings. The van der Waals surface area contributed by atoms with Gasteiger partial charge < -0.3 is 0 Å².